The molecule has 1 aromatic rings. The van der Waals surface area contributed by atoms with E-state index in [-0.39, 0.29) is 31.1 Å². The van der Waals surface area contributed by atoms with E-state index >= 15 is 0 Å². The summed E-state index contributed by atoms with van der Waals surface area (Å²) in [6, 6.07) is 3.68. The molecule has 12 nitrogen and oxygen atoms in total. The van der Waals surface area contributed by atoms with Gasteiger partial charge in [-0.3, -0.25) is 29.2 Å². The lowest BCUT2D eigenvalue weighted by Gasteiger charge is -2.34. The molecular formula is C29H43N5O7. The number of hydrogen-bond acceptors (Lipinski definition) is 7. The van der Waals surface area contributed by atoms with Gasteiger partial charge in [-0.05, 0) is 49.3 Å². The molecular weight excluding hydrogens is 530 g/mol. The first-order valence-corrected chi connectivity index (χ1v) is 14.5. The molecule has 0 aromatic heterocycles. The number of nitrogens with one attached hydrogen (secondary N) is 4. The topological polar surface area (TPSA) is 166 Å². The van der Waals surface area contributed by atoms with Crippen molar-refractivity contribution < 1.29 is 33.9 Å². The van der Waals surface area contributed by atoms with Gasteiger partial charge in [-0.15, -0.1) is 0 Å². The predicted molar refractivity (Wildman–Crippen MR) is 150 cm³/mol. The van der Waals surface area contributed by atoms with E-state index in [2.05, 4.69) is 16.0 Å². The van der Waals surface area contributed by atoms with E-state index in [1.54, 1.807) is 24.7 Å². The summed E-state index contributed by atoms with van der Waals surface area (Å²) < 4.78 is 5.22. The third-order valence-electron chi connectivity index (χ3n) is 8.00. The van der Waals surface area contributed by atoms with E-state index in [9.17, 15) is 24.0 Å². The number of fused-ring (bicyclic) bond motifs is 1. The Kier molecular flexibility index (Phi) is 11.9. The van der Waals surface area contributed by atoms with Crippen LogP contribution in [-0.4, -0.2) is 77.5 Å². The molecule has 0 spiro atoms. The standard InChI is InChI=1S/C29H43N5O7/c1-4-18(2)25-29(39)34-16-8-10-23(34)28(38)30-21(9-6-5-7-11-24(35)33-40)26(36)31-22(27(37)32-25)17-19-12-14-20(41-3)15-13-19/h12-15,18,21-23,25,40H,4-11,16-17H2,1-3H3,(H,30,38)(H,31,36)(H,32,37)(H,33,35)/t18?,21-,22+,23?,25-/m0/s1. The van der Waals surface area contributed by atoms with Crippen molar-refractivity contribution in [3.63, 3.8) is 0 Å². The van der Waals surface area contributed by atoms with Gasteiger partial charge in [0.15, 0.2) is 0 Å². The van der Waals surface area contributed by atoms with Gasteiger partial charge in [0.25, 0.3) is 0 Å². The number of carbonyl (C=O) groups is 5. The molecule has 2 saturated heterocycles. The molecule has 2 aliphatic rings. The summed E-state index contributed by atoms with van der Waals surface area (Å²) in [5.74, 6) is -1.66. The Morgan fingerprint density at radius 3 is 2.37 bits per heavy atom. The van der Waals surface area contributed by atoms with Crippen molar-refractivity contribution >= 4 is 29.5 Å². The van der Waals surface area contributed by atoms with Crippen LogP contribution in [0.4, 0.5) is 0 Å². The number of hydrogen-bond donors (Lipinski definition) is 5. The summed E-state index contributed by atoms with van der Waals surface area (Å²) >= 11 is 0. The molecule has 12 heteroatoms. The molecule has 0 saturated carbocycles. The average Bonchev–Trinajstić information content (AvgIpc) is 3.48. The van der Waals surface area contributed by atoms with Crippen molar-refractivity contribution in [2.45, 2.75) is 95.8 Å². The van der Waals surface area contributed by atoms with E-state index in [1.165, 1.54) is 4.90 Å². The number of carbonyl (C=O) groups excluding carboxylic acids is 5. The van der Waals surface area contributed by atoms with Gasteiger partial charge in [0.2, 0.25) is 29.5 Å². The Morgan fingerprint density at radius 1 is 1.02 bits per heavy atom. The maximum Gasteiger partial charge on any atom is 0.246 e. The normalized spacial score (nSPS) is 24.2. The third kappa shape index (κ3) is 8.66. The van der Waals surface area contributed by atoms with E-state index in [1.807, 2.05) is 26.0 Å². The molecule has 2 aliphatic heterocycles. The van der Waals surface area contributed by atoms with Crippen LogP contribution >= 0.6 is 0 Å². The summed E-state index contributed by atoms with van der Waals surface area (Å²) in [4.78, 5) is 67.2. The molecule has 5 atom stereocenters. The first kappa shape index (κ1) is 31.9. The zero-order chi connectivity index (χ0) is 29.9. The number of nitrogens with zero attached hydrogens (tertiary/aromatic N) is 1. The van der Waals surface area contributed by atoms with Crippen LogP contribution in [0.3, 0.4) is 0 Å². The molecule has 226 valence electrons. The highest BCUT2D eigenvalue weighted by Crippen LogP contribution is 2.23. The minimum absolute atomic E-state index is 0.139. The molecule has 5 N–H and O–H groups in total. The van der Waals surface area contributed by atoms with Gasteiger partial charge in [-0.2, -0.15) is 0 Å². The van der Waals surface area contributed by atoms with Crippen LogP contribution in [0.5, 0.6) is 5.75 Å². The first-order valence-electron chi connectivity index (χ1n) is 14.5. The number of benzene rings is 1. The van der Waals surface area contributed by atoms with E-state index in [4.69, 9.17) is 9.94 Å². The van der Waals surface area contributed by atoms with E-state index < -0.39 is 47.8 Å². The second-order valence-electron chi connectivity index (χ2n) is 10.9. The van der Waals surface area contributed by atoms with Crippen molar-refractivity contribution in [3.05, 3.63) is 29.8 Å². The summed E-state index contributed by atoms with van der Waals surface area (Å²) in [6.07, 6.45) is 3.97. The van der Waals surface area contributed by atoms with E-state index in [0.29, 0.717) is 50.8 Å². The zero-order valence-electron chi connectivity index (χ0n) is 24.1. The van der Waals surface area contributed by atoms with Crippen molar-refractivity contribution in [3.8, 4) is 5.75 Å². The Hall–Kier alpha value is -3.67. The molecule has 3 rings (SSSR count). The molecule has 2 fully saturated rings. The maximum absolute atomic E-state index is 13.7. The largest absolute Gasteiger partial charge is 0.497 e. The molecule has 5 amide bonds. The minimum Gasteiger partial charge on any atom is -0.497 e. The minimum atomic E-state index is -0.989. The fraction of sp³-hybridized carbons (Fsp3) is 0.621. The fourth-order valence-corrected chi connectivity index (χ4v) is 5.30. The number of hydroxylamine groups is 1. The zero-order valence-corrected chi connectivity index (χ0v) is 24.1. The smallest absolute Gasteiger partial charge is 0.246 e. The molecule has 0 radical (unpaired) electrons. The Morgan fingerprint density at radius 2 is 1.71 bits per heavy atom. The molecule has 0 aliphatic carbocycles. The summed E-state index contributed by atoms with van der Waals surface area (Å²) in [7, 11) is 1.56. The summed E-state index contributed by atoms with van der Waals surface area (Å²) in [5, 5.41) is 17.3. The Balaban J connectivity index is 1.88. The lowest BCUT2D eigenvalue weighted by atomic mass is 9.95. The van der Waals surface area contributed by atoms with Crippen molar-refractivity contribution in [2.24, 2.45) is 5.92 Å². The Labute approximate surface area is 240 Å². The van der Waals surface area contributed by atoms with Crippen LogP contribution < -0.4 is 26.2 Å². The highest BCUT2D eigenvalue weighted by Gasteiger charge is 2.41. The van der Waals surface area contributed by atoms with Gasteiger partial charge in [0.1, 0.15) is 29.9 Å². The average molecular weight is 574 g/mol. The van der Waals surface area contributed by atoms with Crippen LogP contribution in [0.25, 0.3) is 0 Å². The van der Waals surface area contributed by atoms with Crippen LogP contribution in [0.2, 0.25) is 0 Å². The number of methoxy groups -OCH3 is 1. The lowest BCUT2D eigenvalue weighted by molar-refractivity contribution is -0.144. The van der Waals surface area contributed by atoms with Crippen LogP contribution in [0.1, 0.15) is 70.8 Å². The van der Waals surface area contributed by atoms with Gasteiger partial charge < -0.3 is 25.6 Å². The van der Waals surface area contributed by atoms with Crippen LogP contribution in [0.15, 0.2) is 24.3 Å². The number of ether oxygens (including phenoxy) is 1. The second kappa shape index (κ2) is 15.4. The molecule has 0 bridgehead atoms. The lowest BCUT2D eigenvalue weighted by Crippen LogP contribution is -2.62. The highest BCUT2D eigenvalue weighted by molar-refractivity contribution is 5.98. The second-order valence-corrected chi connectivity index (χ2v) is 10.9. The van der Waals surface area contributed by atoms with Crippen molar-refractivity contribution in [1.82, 2.24) is 26.3 Å². The van der Waals surface area contributed by atoms with Crippen LogP contribution in [0, 0.1) is 5.92 Å². The van der Waals surface area contributed by atoms with Crippen LogP contribution in [-0.2, 0) is 30.4 Å². The summed E-state index contributed by atoms with van der Waals surface area (Å²) in [5.41, 5.74) is 2.38. The Bertz CT molecular complexity index is 1080. The van der Waals surface area contributed by atoms with Gasteiger partial charge in [0, 0.05) is 19.4 Å². The monoisotopic (exact) mass is 573 g/mol. The number of unbranched alkanes of at least 4 members (excludes halogenated alkanes) is 2. The van der Waals surface area contributed by atoms with Crippen molar-refractivity contribution in [1.29, 1.82) is 0 Å². The predicted octanol–water partition coefficient (Wildman–Crippen LogP) is 1.20. The van der Waals surface area contributed by atoms with E-state index in [0.717, 1.165) is 5.56 Å². The van der Waals surface area contributed by atoms with Gasteiger partial charge >= 0.3 is 0 Å². The van der Waals surface area contributed by atoms with Crippen molar-refractivity contribution in [2.75, 3.05) is 13.7 Å². The molecule has 41 heavy (non-hydrogen) atoms. The molecule has 2 heterocycles. The number of amides is 5. The molecule has 2 unspecified atom stereocenters. The molecule has 1 aromatic carbocycles. The maximum atomic E-state index is 13.7. The number of rotatable bonds is 11. The summed E-state index contributed by atoms with van der Waals surface area (Å²) in [6.45, 7) is 4.22. The highest BCUT2D eigenvalue weighted by atomic mass is 16.5. The quantitative estimate of drug-likeness (QED) is 0.151. The SMILES string of the molecule is CCC(C)[C@@H]1NC(=O)[C@@H](Cc2ccc(OC)cc2)NC(=O)[C@H](CCCCCC(=O)NO)NC(=O)C2CCCN2C1=O. The van der Waals surface area contributed by atoms with Gasteiger partial charge in [-0.25, -0.2) is 5.48 Å². The third-order valence-corrected chi connectivity index (χ3v) is 8.00. The fourth-order valence-electron chi connectivity index (χ4n) is 5.30. The first-order chi connectivity index (χ1) is 19.7. The van der Waals surface area contributed by atoms with Gasteiger partial charge in [-0.1, -0.05) is 45.2 Å². The van der Waals surface area contributed by atoms with Gasteiger partial charge in [0.05, 0.1) is 7.11 Å².